The van der Waals surface area contributed by atoms with Crippen LogP contribution in [0.3, 0.4) is 0 Å². The number of piperazine rings is 1. The van der Waals surface area contributed by atoms with E-state index in [2.05, 4.69) is 22.1 Å². The van der Waals surface area contributed by atoms with Crippen molar-refractivity contribution >= 4 is 16.0 Å². The zero-order valence-corrected chi connectivity index (χ0v) is 17.3. The molecule has 1 aromatic rings. The van der Waals surface area contributed by atoms with Gasteiger partial charge in [-0.15, -0.1) is 0 Å². The smallest absolute Gasteiger partial charge is 0.243 e. The summed E-state index contributed by atoms with van der Waals surface area (Å²) in [5.74, 6) is 0.360. The first-order valence-electron chi connectivity index (χ1n) is 9.75. The number of rotatable bonds is 9. The van der Waals surface area contributed by atoms with Crippen molar-refractivity contribution in [3.05, 3.63) is 29.8 Å². The Kier molecular flexibility index (Phi) is 8.53. The second-order valence-corrected chi connectivity index (χ2v) is 8.91. The van der Waals surface area contributed by atoms with Crippen molar-refractivity contribution in [2.24, 2.45) is 10.7 Å². The number of likely N-dealkylation sites (N-methyl/N-ethyl adjacent to an activating group) is 1. The normalized spacial score (nSPS) is 17.2. The molecule has 1 aliphatic heterocycles. The topological polar surface area (TPSA) is 91.0 Å². The molecule has 1 fully saturated rings. The molecule has 0 aromatic heterocycles. The van der Waals surface area contributed by atoms with E-state index in [0.29, 0.717) is 29.5 Å². The Morgan fingerprint density at radius 2 is 1.85 bits per heavy atom. The fraction of sp³-hybridized carbons (Fsp3) is 0.632. The summed E-state index contributed by atoms with van der Waals surface area (Å²) in [5.41, 5.74) is 6.60. The fourth-order valence-electron chi connectivity index (χ4n) is 3.05. The molecule has 7 nitrogen and oxygen atoms in total. The standard InChI is InChI=1S/C19H33N5O2S/c1-3-4-5-8-11-21-19(20)22-16-17-9-6-7-10-18(17)27(25,26)24-14-12-23(2)13-15-24/h6-7,9-10H,3-5,8,11-16H2,1-2H3,(H3,20,21,22). The van der Waals surface area contributed by atoms with Crippen LogP contribution in [0.2, 0.25) is 0 Å². The zero-order valence-electron chi connectivity index (χ0n) is 16.5. The van der Waals surface area contributed by atoms with Crippen LogP contribution in [-0.2, 0) is 16.6 Å². The number of nitrogens with zero attached hydrogens (tertiary/aromatic N) is 3. The van der Waals surface area contributed by atoms with Crippen molar-refractivity contribution in [1.82, 2.24) is 14.5 Å². The van der Waals surface area contributed by atoms with Gasteiger partial charge in [-0.05, 0) is 25.1 Å². The van der Waals surface area contributed by atoms with Crippen molar-refractivity contribution in [2.45, 2.75) is 44.0 Å². The molecular formula is C19H33N5O2S. The third kappa shape index (κ3) is 6.48. The average molecular weight is 396 g/mol. The highest BCUT2D eigenvalue weighted by Gasteiger charge is 2.29. The van der Waals surface area contributed by atoms with E-state index in [4.69, 9.17) is 5.73 Å². The minimum absolute atomic E-state index is 0.247. The highest BCUT2D eigenvalue weighted by molar-refractivity contribution is 7.89. The monoisotopic (exact) mass is 395 g/mol. The molecule has 0 saturated carbocycles. The molecule has 0 atom stereocenters. The maximum atomic E-state index is 13.0. The van der Waals surface area contributed by atoms with Gasteiger partial charge < -0.3 is 16.0 Å². The lowest BCUT2D eigenvalue weighted by molar-refractivity contribution is 0.222. The van der Waals surface area contributed by atoms with Crippen molar-refractivity contribution in [3.63, 3.8) is 0 Å². The van der Waals surface area contributed by atoms with Crippen LogP contribution in [0.5, 0.6) is 0 Å². The first-order valence-corrected chi connectivity index (χ1v) is 11.2. The van der Waals surface area contributed by atoms with Gasteiger partial charge in [0.1, 0.15) is 0 Å². The Hall–Kier alpha value is -1.64. The molecule has 8 heteroatoms. The summed E-state index contributed by atoms with van der Waals surface area (Å²) in [4.78, 5) is 6.80. The van der Waals surface area contributed by atoms with Gasteiger partial charge in [-0.1, -0.05) is 44.4 Å². The number of sulfonamides is 1. The molecule has 0 bridgehead atoms. The third-order valence-corrected chi connectivity index (χ3v) is 6.81. The summed E-state index contributed by atoms with van der Waals surface area (Å²) in [5, 5.41) is 3.10. The van der Waals surface area contributed by atoms with Crippen LogP contribution in [0.4, 0.5) is 0 Å². The number of guanidine groups is 1. The van der Waals surface area contributed by atoms with Crippen molar-refractivity contribution in [1.29, 1.82) is 0 Å². The molecule has 2 rings (SSSR count). The molecule has 3 N–H and O–H groups in total. The summed E-state index contributed by atoms with van der Waals surface area (Å²) in [6, 6.07) is 7.06. The van der Waals surface area contributed by atoms with Gasteiger partial charge in [0.05, 0.1) is 11.4 Å². The average Bonchev–Trinajstić information content (AvgIpc) is 2.67. The molecule has 0 amide bonds. The van der Waals surface area contributed by atoms with Crippen LogP contribution in [0.25, 0.3) is 0 Å². The van der Waals surface area contributed by atoms with Crippen molar-refractivity contribution in [2.75, 3.05) is 39.8 Å². The van der Waals surface area contributed by atoms with Gasteiger partial charge in [0.2, 0.25) is 10.0 Å². The lowest BCUT2D eigenvalue weighted by Crippen LogP contribution is -2.47. The first kappa shape index (κ1) is 21.7. The Labute approximate surface area is 163 Å². The van der Waals surface area contributed by atoms with Crippen molar-refractivity contribution < 1.29 is 8.42 Å². The lowest BCUT2D eigenvalue weighted by Gasteiger charge is -2.32. The molecular weight excluding hydrogens is 362 g/mol. The van der Waals surface area contributed by atoms with Gasteiger partial charge in [-0.2, -0.15) is 4.31 Å². The Morgan fingerprint density at radius 1 is 1.15 bits per heavy atom. The summed E-state index contributed by atoms with van der Waals surface area (Å²) in [6.45, 7) is 5.73. The maximum absolute atomic E-state index is 13.0. The predicted octanol–water partition coefficient (Wildman–Crippen LogP) is 1.61. The van der Waals surface area contributed by atoms with E-state index >= 15 is 0 Å². The Morgan fingerprint density at radius 3 is 2.56 bits per heavy atom. The highest BCUT2D eigenvalue weighted by atomic mass is 32.2. The van der Waals surface area contributed by atoms with Crippen LogP contribution in [-0.4, -0.2) is 63.4 Å². The Bertz CT molecular complexity index is 713. The van der Waals surface area contributed by atoms with Crippen LogP contribution in [0.15, 0.2) is 34.2 Å². The van der Waals surface area contributed by atoms with Gasteiger partial charge in [0, 0.05) is 32.7 Å². The molecule has 152 valence electrons. The maximum Gasteiger partial charge on any atom is 0.243 e. The second kappa shape index (κ2) is 10.6. The molecule has 27 heavy (non-hydrogen) atoms. The molecule has 1 saturated heterocycles. The quantitative estimate of drug-likeness (QED) is 0.377. The van der Waals surface area contributed by atoms with Crippen LogP contribution >= 0.6 is 0 Å². The van der Waals surface area contributed by atoms with E-state index in [0.717, 1.165) is 26.1 Å². The predicted molar refractivity (Wildman–Crippen MR) is 110 cm³/mol. The first-order chi connectivity index (χ1) is 12.9. The number of benzene rings is 1. The van der Waals surface area contributed by atoms with Crippen LogP contribution in [0, 0.1) is 0 Å². The molecule has 0 spiro atoms. The number of nitrogens with two attached hydrogens (primary N) is 1. The molecule has 1 aliphatic rings. The Balaban J connectivity index is 2.01. The number of hydrogen-bond donors (Lipinski definition) is 2. The summed E-state index contributed by atoms with van der Waals surface area (Å²) < 4.78 is 27.6. The molecule has 0 radical (unpaired) electrons. The summed E-state index contributed by atoms with van der Waals surface area (Å²) >= 11 is 0. The van der Waals surface area contributed by atoms with Gasteiger partial charge >= 0.3 is 0 Å². The molecule has 1 aromatic carbocycles. The fourth-order valence-corrected chi connectivity index (χ4v) is 4.68. The van der Waals surface area contributed by atoms with Gasteiger partial charge in [-0.3, -0.25) is 0 Å². The van der Waals surface area contributed by atoms with E-state index in [9.17, 15) is 8.42 Å². The van der Waals surface area contributed by atoms with E-state index in [1.165, 1.54) is 19.3 Å². The van der Waals surface area contributed by atoms with Gasteiger partial charge in [0.25, 0.3) is 0 Å². The number of nitrogens with one attached hydrogen (secondary N) is 1. The zero-order chi connectivity index (χ0) is 19.7. The van der Waals surface area contributed by atoms with Crippen LogP contribution < -0.4 is 11.1 Å². The number of aliphatic imine (C=N–C) groups is 1. The van der Waals surface area contributed by atoms with E-state index in [-0.39, 0.29) is 6.54 Å². The van der Waals surface area contributed by atoms with E-state index in [1.54, 1.807) is 22.5 Å². The highest BCUT2D eigenvalue weighted by Crippen LogP contribution is 2.22. The van der Waals surface area contributed by atoms with E-state index < -0.39 is 10.0 Å². The largest absolute Gasteiger partial charge is 0.370 e. The minimum Gasteiger partial charge on any atom is -0.370 e. The molecule has 0 aliphatic carbocycles. The number of unbranched alkanes of at least 4 members (excludes halogenated alkanes) is 3. The summed E-state index contributed by atoms with van der Waals surface area (Å²) in [6.07, 6.45) is 4.64. The van der Waals surface area contributed by atoms with Gasteiger partial charge in [0.15, 0.2) is 5.96 Å². The van der Waals surface area contributed by atoms with E-state index in [1.807, 2.05) is 13.1 Å². The second-order valence-electron chi connectivity index (χ2n) is 7.00. The molecule has 1 heterocycles. The lowest BCUT2D eigenvalue weighted by atomic mass is 10.2. The SMILES string of the molecule is CCCCCCNC(N)=NCc1ccccc1S(=O)(=O)N1CCN(C)CC1. The van der Waals surface area contributed by atoms with Gasteiger partial charge in [-0.25, -0.2) is 13.4 Å². The minimum atomic E-state index is -3.52. The summed E-state index contributed by atoms with van der Waals surface area (Å²) in [7, 11) is -1.51. The van der Waals surface area contributed by atoms with Crippen molar-refractivity contribution in [3.8, 4) is 0 Å². The van der Waals surface area contributed by atoms with Crippen LogP contribution in [0.1, 0.15) is 38.2 Å². The molecule has 0 unspecified atom stereocenters. The third-order valence-electron chi connectivity index (χ3n) is 4.81. The number of hydrogen-bond acceptors (Lipinski definition) is 4.